The summed E-state index contributed by atoms with van der Waals surface area (Å²) in [6, 6.07) is 0. The van der Waals surface area contributed by atoms with E-state index in [1.165, 1.54) is 18.4 Å². The molecule has 0 aliphatic heterocycles. The van der Waals surface area contributed by atoms with E-state index < -0.39 is 5.97 Å². The molecule has 90 valence electrons. The highest BCUT2D eigenvalue weighted by Crippen LogP contribution is 2.26. The van der Waals surface area contributed by atoms with E-state index in [9.17, 15) is 4.79 Å². The number of methoxy groups -OCH3 is 1. The van der Waals surface area contributed by atoms with Crippen molar-refractivity contribution in [2.45, 2.75) is 33.8 Å². The Labute approximate surface area is 99.3 Å². The van der Waals surface area contributed by atoms with E-state index in [-0.39, 0.29) is 12.0 Å². The number of carboxylic acid groups (broad SMARTS) is 1. The van der Waals surface area contributed by atoms with Crippen LogP contribution in [0.25, 0.3) is 0 Å². The average molecular weight is 243 g/mol. The van der Waals surface area contributed by atoms with Crippen LogP contribution in [-0.4, -0.2) is 23.2 Å². The number of hydrogen-bond donors (Lipinski definition) is 1. The summed E-state index contributed by atoms with van der Waals surface area (Å²) in [4.78, 5) is 15.6. The molecule has 16 heavy (non-hydrogen) atoms. The van der Waals surface area contributed by atoms with Crippen molar-refractivity contribution in [3.05, 3.63) is 15.6 Å². The van der Waals surface area contributed by atoms with Crippen molar-refractivity contribution in [1.29, 1.82) is 0 Å². The number of ether oxygens (including phenoxy) is 1. The summed E-state index contributed by atoms with van der Waals surface area (Å²) in [6.45, 7) is 6.56. The first-order chi connectivity index (χ1) is 7.33. The van der Waals surface area contributed by atoms with Gasteiger partial charge >= 0.3 is 5.97 Å². The van der Waals surface area contributed by atoms with Gasteiger partial charge in [-0.25, -0.2) is 9.78 Å². The first-order valence-electron chi connectivity index (χ1n) is 5.04. The lowest BCUT2D eigenvalue weighted by Gasteiger charge is -2.15. The van der Waals surface area contributed by atoms with Gasteiger partial charge in [-0.1, -0.05) is 20.8 Å². The van der Waals surface area contributed by atoms with Gasteiger partial charge in [-0.3, -0.25) is 0 Å². The highest BCUT2D eigenvalue weighted by atomic mass is 32.1. The zero-order valence-electron chi connectivity index (χ0n) is 10.0. The van der Waals surface area contributed by atoms with Crippen LogP contribution in [0, 0.1) is 5.41 Å². The molecule has 1 N–H and O–H groups in total. The van der Waals surface area contributed by atoms with Gasteiger partial charge in [0.15, 0.2) is 0 Å². The summed E-state index contributed by atoms with van der Waals surface area (Å²) in [7, 11) is 1.54. The number of carboxylic acids is 1. The molecule has 1 aromatic rings. The van der Waals surface area contributed by atoms with Gasteiger partial charge in [0.1, 0.15) is 4.88 Å². The average Bonchev–Trinajstić information content (AvgIpc) is 2.45. The van der Waals surface area contributed by atoms with Crippen LogP contribution in [0.5, 0.6) is 0 Å². The molecule has 0 amide bonds. The van der Waals surface area contributed by atoms with E-state index in [4.69, 9.17) is 9.84 Å². The Morgan fingerprint density at radius 1 is 1.50 bits per heavy atom. The van der Waals surface area contributed by atoms with Gasteiger partial charge in [-0.2, -0.15) is 0 Å². The van der Waals surface area contributed by atoms with Crippen molar-refractivity contribution in [3.8, 4) is 0 Å². The Morgan fingerprint density at radius 3 is 2.56 bits per heavy atom. The zero-order chi connectivity index (χ0) is 12.3. The van der Waals surface area contributed by atoms with Gasteiger partial charge in [0.05, 0.1) is 17.3 Å². The smallest absolute Gasteiger partial charge is 0.347 e. The fourth-order valence-electron chi connectivity index (χ4n) is 1.33. The molecule has 4 nitrogen and oxygen atoms in total. The van der Waals surface area contributed by atoms with Gasteiger partial charge < -0.3 is 9.84 Å². The molecule has 0 aliphatic rings. The van der Waals surface area contributed by atoms with E-state index in [0.29, 0.717) is 10.6 Å². The number of carbonyl (C=O) groups is 1. The van der Waals surface area contributed by atoms with Gasteiger partial charge in [-0.05, 0) is 5.41 Å². The van der Waals surface area contributed by atoms with Crippen molar-refractivity contribution in [2.24, 2.45) is 5.41 Å². The number of rotatable bonds is 4. The number of aromatic nitrogens is 1. The first-order valence-corrected chi connectivity index (χ1v) is 5.86. The van der Waals surface area contributed by atoms with Crippen LogP contribution in [0.15, 0.2) is 0 Å². The Balaban J connectivity index is 2.97. The standard InChI is InChI=1S/C11H17NO3S/c1-11(2,3)5-8-12-7(6-15-4)9(16-8)10(13)14/h5-6H2,1-4H3,(H,13,14). The van der Waals surface area contributed by atoms with Crippen molar-refractivity contribution in [2.75, 3.05) is 7.11 Å². The molecule has 0 atom stereocenters. The summed E-state index contributed by atoms with van der Waals surface area (Å²) in [6.07, 6.45) is 0.779. The molecule has 0 fully saturated rings. The van der Waals surface area contributed by atoms with E-state index in [1.807, 2.05) is 0 Å². The Kier molecular flexibility index (Phi) is 4.04. The molecule has 0 aliphatic carbocycles. The van der Waals surface area contributed by atoms with Crippen LogP contribution < -0.4 is 0 Å². The van der Waals surface area contributed by atoms with Crippen molar-refractivity contribution in [3.63, 3.8) is 0 Å². The van der Waals surface area contributed by atoms with Gasteiger partial charge in [0.25, 0.3) is 0 Å². The predicted molar refractivity (Wildman–Crippen MR) is 62.9 cm³/mol. The lowest BCUT2D eigenvalue weighted by atomic mass is 9.93. The minimum atomic E-state index is -0.926. The second kappa shape index (κ2) is 4.93. The van der Waals surface area contributed by atoms with Crippen LogP contribution in [0.1, 0.15) is 41.1 Å². The molecule has 0 saturated carbocycles. The van der Waals surface area contributed by atoms with E-state index in [0.717, 1.165) is 11.4 Å². The molecule has 0 bridgehead atoms. The second-order valence-electron chi connectivity index (χ2n) is 4.86. The summed E-state index contributed by atoms with van der Waals surface area (Å²) in [5.41, 5.74) is 0.636. The van der Waals surface area contributed by atoms with E-state index in [2.05, 4.69) is 25.8 Å². The number of thiazole rings is 1. The van der Waals surface area contributed by atoms with Crippen molar-refractivity contribution >= 4 is 17.3 Å². The molecule has 0 aromatic carbocycles. The Morgan fingerprint density at radius 2 is 2.12 bits per heavy atom. The van der Waals surface area contributed by atoms with Crippen LogP contribution in [0.4, 0.5) is 0 Å². The quantitative estimate of drug-likeness (QED) is 0.883. The normalized spacial score (nSPS) is 11.8. The molecule has 1 rings (SSSR count). The number of nitrogens with zero attached hydrogens (tertiary/aromatic N) is 1. The maximum atomic E-state index is 11.0. The lowest BCUT2D eigenvalue weighted by Crippen LogP contribution is -2.08. The molecular weight excluding hydrogens is 226 g/mol. The fourth-order valence-corrected chi connectivity index (χ4v) is 2.54. The first kappa shape index (κ1) is 13.1. The topological polar surface area (TPSA) is 59.4 Å². The van der Waals surface area contributed by atoms with Gasteiger partial charge in [-0.15, -0.1) is 11.3 Å². The number of aromatic carboxylic acids is 1. The Hall–Kier alpha value is -0.940. The number of hydrogen-bond acceptors (Lipinski definition) is 4. The molecular formula is C11H17NO3S. The minimum absolute atomic E-state index is 0.109. The van der Waals surface area contributed by atoms with E-state index in [1.54, 1.807) is 0 Å². The third-order valence-electron chi connectivity index (χ3n) is 1.90. The highest BCUT2D eigenvalue weighted by molar-refractivity contribution is 7.13. The monoisotopic (exact) mass is 243 g/mol. The molecule has 1 heterocycles. The third-order valence-corrected chi connectivity index (χ3v) is 2.98. The molecule has 0 radical (unpaired) electrons. The summed E-state index contributed by atoms with van der Waals surface area (Å²) >= 11 is 1.24. The maximum Gasteiger partial charge on any atom is 0.347 e. The van der Waals surface area contributed by atoms with Crippen LogP contribution in [0.3, 0.4) is 0 Å². The molecule has 1 aromatic heterocycles. The van der Waals surface area contributed by atoms with Crippen LogP contribution in [-0.2, 0) is 17.8 Å². The molecule has 0 saturated heterocycles. The van der Waals surface area contributed by atoms with Gasteiger partial charge in [0.2, 0.25) is 0 Å². The minimum Gasteiger partial charge on any atom is -0.477 e. The lowest BCUT2D eigenvalue weighted by molar-refractivity contribution is 0.0697. The summed E-state index contributed by atoms with van der Waals surface area (Å²) in [5, 5.41) is 9.88. The van der Waals surface area contributed by atoms with Crippen LogP contribution >= 0.6 is 11.3 Å². The van der Waals surface area contributed by atoms with Gasteiger partial charge in [0, 0.05) is 13.5 Å². The molecule has 5 heteroatoms. The van der Waals surface area contributed by atoms with Crippen molar-refractivity contribution in [1.82, 2.24) is 4.98 Å². The van der Waals surface area contributed by atoms with Crippen molar-refractivity contribution < 1.29 is 14.6 Å². The highest BCUT2D eigenvalue weighted by Gasteiger charge is 2.20. The Bertz CT molecular complexity index is 379. The van der Waals surface area contributed by atoms with Crippen LogP contribution in [0.2, 0.25) is 0 Å². The SMILES string of the molecule is COCc1nc(CC(C)(C)C)sc1C(=O)O. The fraction of sp³-hybridized carbons (Fsp3) is 0.636. The zero-order valence-corrected chi connectivity index (χ0v) is 10.8. The molecule has 0 unspecified atom stereocenters. The second-order valence-corrected chi connectivity index (χ2v) is 5.94. The largest absolute Gasteiger partial charge is 0.477 e. The summed E-state index contributed by atoms with van der Waals surface area (Å²) < 4.78 is 4.94. The predicted octanol–water partition coefficient (Wildman–Crippen LogP) is 2.58. The summed E-state index contributed by atoms with van der Waals surface area (Å²) in [5.74, 6) is -0.926. The van der Waals surface area contributed by atoms with E-state index >= 15 is 0 Å². The maximum absolute atomic E-state index is 11.0. The third kappa shape index (κ3) is 3.57. The molecule has 0 spiro atoms.